The summed E-state index contributed by atoms with van der Waals surface area (Å²) in [4.78, 5) is 19.5. The molecule has 1 unspecified atom stereocenters. The Kier molecular flexibility index (Phi) is 5.62. The Bertz CT molecular complexity index is 756. The van der Waals surface area contributed by atoms with E-state index in [0.717, 1.165) is 32.0 Å². The Morgan fingerprint density at radius 3 is 2.62 bits per heavy atom. The molecule has 3 heterocycles. The predicted molar refractivity (Wildman–Crippen MR) is 94.2 cm³/mol. The first-order valence-corrected chi connectivity index (χ1v) is 9.34. The molecule has 0 aliphatic carbocycles. The third kappa shape index (κ3) is 4.24. The van der Waals surface area contributed by atoms with Crippen molar-refractivity contribution in [2.24, 2.45) is 0 Å². The van der Waals surface area contributed by atoms with Crippen LogP contribution in [0.25, 0.3) is 0 Å². The van der Waals surface area contributed by atoms with Gasteiger partial charge in [0.25, 0.3) is 5.91 Å². The number of carbonyl (C=O) groups is 1. The number of carbonyl (C=O) groups excluding carboxylic acids is 1. The molecule has 1 saturated heterocycles. The third-order valence-electron chi connectivity index (χ3n) is 4.53. The van der Waals surface area contributed by atoms with E-state index in [-0.39, 0.29) is 17.3 Å². The normalized spacial score (nSPS) is 16.6. The van der Waals surface area contributed by atoms with Crippen molar-refractivity contribution in [3.8, 4) is 0 Å². The SMILES string of the molecule is Cc1nc(C(F)(F)F)ccc1C(=O)NCC(c1cccs1)N1CCCC1. The van der Waals surface area contributed by atoms with E-state index in [1.807, 2.05) is 17.5 Å². The van der Waals surface area contributed by atoms with E-state index in [1.165, 1.54) is 17.9 Å². The van der Waals surface area contributed by atoms with Crippen LogP contribution in [0.2, 0.25) is 0 Å². The zero-order valence-corrected chi connectivity index (χ0v) is 15.2. The molecule has 8 heteroatoms. The van der Waals surface area contributed by atoms with Crippen molar-refractivity contribution in [2.45, 2.75) is 32.0 Å². The molecule has 2 aromatic heterocycles. The van der Waals surface area contributed by atoms with E-state index in [4.69, 9.17) is 0 Å². The number of hydrogen-bond donors (Lipinski definition) is 1. The molecule has 0 aromatic carbocycles. The summed E-state index contributed by atoms with van der Waals surface area (Å²) >= 11 is 1.64. The second-order valence-electron chi connectivity index (χ2n) is 6.31. The highest BCUT2D eigenvalue weighted by molar-refractivity contribution is 7.10. The average molecular weight is 383 g/mol. The minimum absolute atomic E-state index is 0.0752. The van der Waals surface area contributed by atoms with E-state index in [1.54, 1.807) is 11.3 Å². The number of aryl methyl sites for hydroxylation is 1. The zero-order valence-electron chi connectivity index (χ0n) is 14.3. The highest BCUT2D eigenvalue weighted by Gasteiger charge is 2.33. The van der Waals surface area contributed by atoms with Crippen LogP contribution < -0.4 is 5.32 Å². The molecule has 1 aliphatic heterocycles. The number of halogens is 3. The summed E-state index contributed by atoms with van der Waals surface area (Å²) in [7, 11) is 0. The smallest absolute Gasteiger partial charge is 0.350 e. The number of likely N-dealkylation sites (tertiary alicyclic amines) is 1. The zero-order chi connectivity index (χ0) is 18.7. The maximum Gasteiger partial charge on any atom is 0.433 e. The molecule has 3 rings (SSSR count). The Labute approximate surface area is 154 Å². The monoisotopic (exact) mass is 383 g/mol. The summed E-state index contributed by atoms with van der Waals surface area (Å²) in [6, 6.07) is 6.15. The van der Waals surface area contributed by atoms with Crippen molar-refractivity contribution in [1.82, 2.24) is 15.2 Å². The van der Waals surface area contributed by atoms with Gasteiger partial charge in [0, 0.05) is 11.4 Å². The number of thiophene rings is 1. The van der Waals surface area contributed by atoms with Gasteiger partial charge in [0.05, 0.1) is 17.3 Å². The molecule has 26 heavy (non-hydrogen) atoms. The second-order valence-corrected chi connectivity index (χ2v) is 7.29. The van der Waals surface area contributed by atoms with E-state index in [9.17, 15) is 18.0 Å². The van der Waals surface area contributed by atoms with Gasteiger partial charge in [-0.2, -0.15) is 13.2 Å². The lowest BCUT2D eigenvalue weighted by molar-refractivity contribution is -0.141. The van der Waals surface area contributed by atoms with Gasteiger partial charge in [-0.25, -0.2) is 4.98 Å². The summed E-state index contributed by atoms with van der Waals surface area (Å²) in [6.45, 7) is 3.81. The molecule has 1 atom stereocenters. The average Bonchev–Trinajstić information content (AvgIpc) is 3.28. The fourth-order valence-corrected chi connectivity index (χ4v) is 4.05. The highest BCUT2D eigenvalue weighted by atomic mass is 32.1. The van der Waals surface area contributed by atoms with Crippen molar-refractivity contribution in [3.63, 3.8) is 0 Å². The number of alkyl halides is 3. The number of pyridine rings is 1. The number of aromatic nitrogens is 1. The number of rotatable bonds is 5. The van der Waals surface area contributed by atoms with E-state index >= 15 is 0 Å². The van der Waals surface area contributed by atoms with Gasteiger partial charge in [0.1, 0.15) is 5.69 Å². The van der Waals surface area contributed by atoms with Crippen molar-refractivity contribution in [2.75, 3.05) is 19.6 Å². The molecule has 1 fully saturated rings. The fourth-order valence-electron chi connectivity index (χ4n) is 3.19. The largest absolute Gasteiger partial charge is 0.433 e. The Morgan fingerprint density at radius 1 is 1.31 bits per heavy atom. The lowest BCUT2D eigenvalue weighted by Gasteiger charge is -2.27. The van der Waals surface area contributed by atoms with Crippen molar-refractivity contribution in [3.05, 3.63) is 51.5 Å². The lowest BCUT2D eigenvalue weighted by Crippen LogP contribution is -2.36. The summed E-state index contributed by atoms with van der Waals surface area (Å²) in [6.07, 6.45) is -2.24. The number of nitrogens with zero attached hydrogens (tertiary/aromatic N) is 2. The number of hydrogen-bond acceptors (Lipinski definition) is 4. The third-order valence-corrected chi connectivity index (χ3v) is 5.50. The van der Waals surface area contributed by atoms with Gasteiger partial charge < -0.3 is 5.32 Å². The molecular formula is C18H20F3N3OS. The van der Waals surface area contributed by atoms with Crippen LogP contribution in [0.15, 0.2) is 29.6 Å². The molecular weight excluding hydrogens is 363 g/mol. The van der Waals surface area contributed by atoms with Gasteiger partial charge in [-0.1, -0.05) is 6.07 Å². The molecule has 1 aliphatic rings. The van der Waals surface area contributed by atoms with Crippen LogP contribution in [0.4, 0.5) is 13.2 Å². The molecule has 0 bridgehead atoms. The van der Waals surface area contributed by atoms with E-state index < -0.39 is 17.8 Å². The highest BCUT2D eigenvalue weighted by Crippen LogP contribution is 2.29. The first-order valence-electron chi connectivity index (χ1n) is 8.47. The van der Waals surface area contributed by atoms with Crippen LogP contribution in [0, 0.1) is 6.92 Å². The van der Waals surface area contributed by atoms with Gasteiger partial charge in [0.15, 0.2) is 0 Å². The molecule has 0 radical (unpaired) electrons. The minimum Gasteiger partial charge on any atom is -0.350 e. The maximum absolute atomic E-state index is 12.7. The second kappa shape index (κ2) is 7.75. The van der Waals surface area contributed by atoms with Gasteiger partial charge in [-0.3, -0.25) is 9.69 Å². The van der Waals surface area contributed by atoms with Crippen molar-refractivity contribution >= 4 is 17.2 Å². The molecule has 0 saturated carbocycles. The molecule has 4 nitrogen and oxygen atoms in total. The topological polar surface area (TPSA) is 45.2 Å². The molecule has 1 amide bonds. The van der Waals surface area contributed by atoms with Gasteiger partial charge in [-0.15, -0.1) is 11.3 Å². The van der Waals surface area contributed by atoms with Gasteiger partial charge >= 0.3 is 6.18 Å². The standard InChI is InChI=1S/C18H20F3N3OS/c1-12-13(6-7-16(23-12)18(19,20)21)17(25)22-11-14(15-5-4-10-26-15)24-8-2-3-9-24/h4-7,10,14H,2-3,8-9,11H2,1H3,(H,22,25). The quantitative estimate of drug-likeness (QED) is 0.848. The summed E-state index contributed by atoms with van der Waals surface area (Å²) in [5.74, 6) is -0.399. The van der Waals surface area contributed by atoms with Crippen molar-refractivity contribution in [1.29, 1.82) is 0 Å². The van der Waals surface area contributed by atoms with Crippen LogP contribution in [-0.4, -0.2) is 35.4 Å². The van der Waals surface area contributed by atoms with E-state index in [0.29, 0.717) is 6.54 Å². The molecule has 0 spiro atoms. The number of amides is 1. The summed E-state index contributed by atoms with van der Waals surface area (Å²) in [5, 5.41) is 4.87. The first-order chi connectivity index (χ1) is 12.4. The lowest BCUT2D eigenvalue weighted by atomic mass is 10.1. The van der Waals surface area contributed by atoms with Crippen LogP contribution in [-0.2, 0) is 6.18 Å². The van der Waals surface area contributed by atoms with Crippen LogP contribution in [0.3, 0.4) is 0 Å². The molecule has 2 aromatic rings. The maximum atomic E-state index is 12.7. The van der Waals surface area contributed by atoms with E-state index in [2.05, 4.69) is 15.2 Å². The van der Waals surface area contributed by atoms with Gasteiger partial charge in [-0.05, 0) is 56.4 Å². The summed E-state index contributed by atoms with van der Waals surface area (Å²) in [5.41, 5.74) is -0.740. The Hall–Kier alpha value is -1.93. The van der Waals surface area contributed by atoms with Crippen LogP contribution in [0.1, 0.15) is 45.5 Å². The summed E-state index contributed by atoms with van der Waals surface area (Å²) < 4.78 is 38.2. The minimum atomic E-state index is -4.51. The van der Waals surface area contributed by atoms with Crippen LogP contribution in [0.5, 0.6) is 0 Å². The number of nitrogens with one attached hydrogen (secondary N) is 1. The Morgan fingerprint density at radius 2 is 2.04 bits per heavy atom. The molecule has 140 valence electrons. The van der Waals surface area contributed by atoms with Crippen molar-refractivity contribution < 1.29 is 18.0 Å². The Balaban J connectivity index is 1.70. The first kappa shape index (κ1) is 18.8. The fraction of sp³-hybridized carbons (Fsp3) is 0.444. The predicted octanol–water partition coefficient (Wildman–Crippen LogP) is 4.04. The van der Waals surface area contributed by atoms with Gasteiger partial charge in [0.2, 0.25) is 0 Å². The van der Waals surface area contributed by atoms with Crippen LogP contribution >= 0.6 is 11.3 Å². The molecule has 1 N–H and O–H groups in total.